The summed E-state index contributed by atoms with van der Waals surface area (Å²) in [5.74, 6) is 0. The van der Waals surface area contributed by atoms with E-state index in [1.807, 2.05) is 5.70 Å². The highest BCUT2D eigenvalue weighted by molar-refractivity contribution is 7.22. The van der Waals surface area contributed by atoms with Gasteiger partial charge < -0.3 is 12.3 Å². The van der Waals surface area contributed by atoms with Crippen LogP contribution in [-0.2, 0) is 12.3 Å². The molecule has 0 heterocycles. The minimum Gasteiger partial charge on any atom is -0.466 e. The van der Waals surface area contributed by atoms with Crippen LogP contribution in [0.25, 0.3) is 0 Å². The quantitative estimate of drug-likeness (QED) is 0.517. The predicted molar refractivity (Wildman–Crippen MR) is 101 cm³/mol. The van der Waals surface area contributed by atoms with Gasteiger partial charge >= 0.3 is 6.18 Å². The number of halogens is 3. The molecular formula is C9H29F3O3Si6. The van der Waals surface area contributed by atoms with E-state index < -0.39 is 47.8 Å². The molecule has 0 aromatic carbocycles. The Kier molecular flexibility index (Phi) is 13.9. The average molecular weight is 411 g/mol. The normalized spacial score (nSPS) is 16.8. The largest absolute Gasteiger partial charge is 0.466 e. The lowest BCUT2D eigenvalue weighted by molar-refractivity contribution is -0.130. The fourth-order valence-corrected chi connectivity index (χ4v) is 14.0. The minimum absolute atomic E-state index is 0.215. The summed E-state index contributed by atoms with van der Waals surface area (Å²) in [5, 5.41) is 0. The van der Waals surface area contributed by atoms with Crippen molar-refractivity contribution in [3.8, 4) is 0 Å². The third-order valence-electron chi connectivity index (χ3n) is 2.84. The second-order valence-electron chi connectivity index (χ2n) is 5.28. The first-order valence-electron chi connectivity index (χ1n) is 6.89. The Morgan fingerprint density at radius 1 is 1.29 bits per heavy atom. The molecule has 0 saturated carbocycles. The summed E-state index contributed by atoms with van der Waals surface area (Å²) in [6.45, 7) is 12.2. The molecule has 128 valence electrons. The molecule has 0 spiro atoms. The molecule has 3 nitrogen and oxygen atoms in total. The maximum absolute atomic E-state index is 11.5. The SMILES string of the molecule is C=C[Si](C)(O[SiH3])[SiH2]O[SiH](C)C.C[SiH](CCC(F)(F)F)O[SiH3]. The standard InChI is InChI=1S/C5H18O2Si4.C4H11F3OSi2/c1-5-11(4,6-8)9-7-10(2)3;1-10(8-9)3-2-4(5,6)7/h5,10H,1,9H2,2-4,8H3;10H,2-3H2,1,9H3. The van der Waals surface area contributed by atoms with Gasteiger partial charge in [0.15, 0.2) is 27.4 Å². The van der Waals surface area contributed by atoms with Crippen molar-refractivity contribution in [2.75, 3.05) is 0 Å². The monoisotopic (exact) mass is 410 g/mol. The second kappa shape index (κ2) is 12.2. The Bertz CT molecular complexity index is 282. The van der Waals surface area contributed by atoms with Crippen LogP contribution in [0.5, 0.6) is 0 Å². The Morgan fingerprint density at radius 3 is 2.10 bits per heavy atom. The van der Waals surface area contributed by atoms with E-state index in [2.05, 4.69) is 26.2 Å². The summed E-state index contributed by atoms with van der Waals surface area (Å²) in [6, 6.07) is 0.215. The van der Waals surface area contributed by atoms with Gasteiger partial charge in [-0.2, -0.15) is 13.2 Å². The van der Waals surface area contributed by atoms with Gasteiger partial charge in [-0.25, -0.2) is 0 Å². The molecule has 0 N–H and O–H groups in total. The molecule has 12 heteroatoms. The van der Waals surface area contributed by atoms with Crippen molar-refractivity contribution in [1.29, 1.82) is 0 Å². The van der Waals surface area contributed by atoms with Crippen LogP contribution < -0.4 is 0 Å². The van der Waals surface area contributed by atoms with E-state index in [9.17, 15) is 13.2 Å². The van der Waals surface area contributed by atoms with Crippen molar-refractivity contribution < 1.29 is 25.5 Å². The fraction of sp³-hybridized carbons (Fsp3) is 0.778. The van der Waals surface area contributed by atoms with Gasteiger partial charge in [-0.3, -0.25) is 0 Å². The summed E-state index contributed by atoms with van der Waals surface area (Å²) in [4.78, 5) is 0. The molecule has 0 rings (SSSR count). The van der Waals surface area contributed by atoms with Gasteiger partial charge in [-0.1, -0.05) is 5.70 Å². The molecule has 0 bridgehead atoms. The summed E-state index contributed by atoms with van der Waals surface area (Å²) >= 11 is 0. The minimum atomic E-state index is -4.00. The molecule has 0 aliphatic carbocycles. The lowest BCUT2D eigenvalue weighted by Gasteiger charge is -2.22. The number of hydrogen-bond acceptors (Lipinski definition) is 3. The van der Waals surface area contributed by atoms with E-state index in [-0.39, 0.29) is 6.04 Å². The number of rotatable bonds is 8. The molecule has 0 radical (unpaired) electrons. The summed E-state index contributed by atoms with van der Waals surface area (Å²) < 4.78 is 50.8. The van der Waals surface area contributed by atoms with Crippen LogP contribution in [0.4, 0.5) is 13.2 Å². The van der Waals surface area contributed by atoms with Crippen LogP contribution >= 0.6 is 0 Å². The van der Waals surface area contributed by atoms with Crippen molar-refractivity contribution >= 4 is 56.2 Å². The molecule has 0 saturated heterocycles. The van der Waals surface area contributed by atoms with Gasteiger partial charge in [0.1, 0.15) is 21.0 Å². The maximum Gasteiger partial charge on any atom is 0.388 e. The molecule has 0 aromatic rings. The highest BCUT2D eigenvalue weighted by atomic mass is 29.2. The van der Waals surface area contributed by atoms with E-state index in [1.54, 1.807) is 6.55 Å². The zero-order valence-corrected chi connectivity index (χ0v) is 22.6. The van der Waals surface area contributed by atoms with Crippen molar-refractivity contribution in [2.24, 2.45) is 0 Å². The highest BCUT2D eigenvalue weighted by Gasteiger charge is 2.27. The highest BCUT2D eigenvalue weighted by Crippen LogP contribution is 2.22. The molecular weight excluding hydrogens is 382 g/mol. The van der Waals surface area contributed by atoms with Gasteiger partial charge in [0, 0.05) is 6.42 Å². The lowest BCUT2D eigenvalue weighted by atomic mass is 10.5. The van der Waals surface area contributed by atoms with Crippen molar-refractivity contribution in [3.63, 3.8) is 0 Å². The van der Waals surface area contributed by atoms with Crippen LogP contribution in [0.15, 0.2) is 12.3 Å². The van der Waals surface area contributed by atoms with E-state index in [1.165, 1.54) is 0 Å². The summed E-state index contributed by atoms with van der Waals surface area (Å²) in [5.41, 5.74) is 2.02. The molecule has 2 atom stereocenters. The first-order chi connectivity index (χ1) is 9.49. The lowest BCUT2D eigenvalue weighted by Crippen LogP contribution is -2.42. The smallest absolute Gasteiger partial charge is 0.388 e. The first kappa shape index (κ1) is 24.0. The third kappa shape index (κ3) is 16.9. The second-order valence-corrected chi connectivity index (χ2v) is 22.8. The van der Waals surface area contributed by atoms with Crippen molar-refractivity contribution in [1.82, 2.24) is 0 Å². The molecule has 0 amide bonds. The first-order valence-corrected chi connectivity index (χ1v) is 19.1. The van der Waals surface area contributed by atoms with Gasteiger partial charge in [0.25, 0.3) is 0 Å². The molecule has 0 aliphatic rings. The molecule has 0 aromatic heterocycles. The van der Waals surface area contributed by atoms with E-state index in [4.69, 9.17) is 12.3 Å². The topological polar surface area (TPSA) is 27.7 Å². The summed E-state index contributed by atoms with van der Waals surface area (Å²) in [6.07, 6.45) is -4.68. The number of alkyl halides is 3. The van der Waals surface area contributed by atoms with Crippen LogP contribution in [0.3, 0.4) is 0 Å². The average Bonchev–Trinajstić information content (AvgIpc) is 2.42. The van der Waals surface area contributed by atoms with Gasteiger partial charge in [-0.15, -0.1) is 6.58 Å². The fourth-order valence-electron chi connectivity index (χ4n) is 1.02. The Balaban J connectivity index is 0. The number of hydrogen-bond donors (Lipinski definition) is 0. The third-order valence-corrected chi connectivity index (χ3v) is 22.3. The van der Waals surface area contributed by atoms with Crippen molar-refractivity contribution in [3.05, 3.63) is 12.3 Å². The van der Waals surface area contributed by atoms with Gasteiger partial charge in [-0.05, 0) is 32.2 Å². The summed E-state index contributed by atoms with van der Waals surface area (Å²) in [7, 11) is -2.76. The molecule has 2 unspecified atom stereocenters. The van der Waals surface area contributed by atoms with E-state index in [0.29, 0.717) is 10.5 Å². The molecule has 0 aliphatic heterocycles. The Labute approximate surface area is 139 Å². The van der Waals surface area contributed by atoms with E-state index in [0.717, 1.165) is 10.5 Å². The van der Waals surface area contributed by atoms with Crippen LogP contribution in [0.2, 0.25) is 32.2 Å². The van der Waals surface area contributed by atoms with Crippen LogP contribution in [-0.4, -0.2) is 62.3 Å². The Hall–Kier alpha value is 0.711. The maximum atomic E-state index is 11.5. The van der Waals surface area contributed by atoms with Crippen LogP contribution in [0, 0.1) is 0 Å². The Morgan fingerprint density at radius 2 is 1.81 bits per heavy atom. The molecule has 21 heavy (non-hydrogen) atoms. The predicted octanol–water partition coefficient (Wildman–Crippen LogP) is -0.246. The van der Waals surface area contributed by atoms with Crippen molar-refractivity contribution in [2.45, 2.75) is 44.8 Å². The zero-order chi connectivity index (χ0) is 17.1. The van der Waals surface area contributed by atoms with Gasteiger partial charge in [0.05, 0.1) is 0 Å². The van der Waals surface area contributed by atoms with Crippen LogP contribution in [0.1, 0.15) is 6.42 Å². The van der Waals surface area contributed by atoms with E-state index >= 15 is 0 Å². The van der Waals surface area contributed by atoms with Gasteiger partial charge in [0.2, 0.25) is 7.83 Å². The zero-order valence-electron chi connectivity index (χ0n) is 13.9. The molecule has 0 fully saturated rings.